The summed E-state index contributed by atoms with van der Waals surface area (Å²) in [5, 5.41) is 3.27. The lowest BCUT2D eigenvalue weighted by molar-refractivity contribution is 0.439. The molecule has 0 atom stereocenters. The molecule has 1 aliphatic heterocycles. The van der Waals surface area contributed by atoms with Crippen LogP contribution < -0.4 is 5.32 Å². The van der Waals surface area contributed by atoms with Crippen LogP contribution in [0.25, 0.3) is 0 Å². The topological polar surface area (TPSA) is 24.9 Å². The summed E-state index contributed by atoms with van der Waals surface area (Å²) in [6.45, 7) is 6.53. The molecule has 0 aromatic carbocycles. The molecule has 1 N–H and O–H groups in total. The fraction of sp³-hybridized carbons (Fsp3) is 0.545. The van der Waals surface area contributed by atoms with Gasteiger partial charge in [0.1, 0.15) is 0 Å². The van der Waals surface area contributed by atoms with Crippen LogP contribution in [0.2, 0.25) is 0 Å². The Labute approximate surface area is 79.4 Å². The van der Waals surface area contributed by atoms with Crippen LogP contribution in [0.4, 0.5) is 0 Å². The van der Waals surface area contributed by atoms with Crippen molar-refractivity contribution in [1.82, 2.24) is 10.3 Å². The van der Waals surface area contributed by atoms with Crippen molar-refractivity contribution in [3.8, 4) is 0 Å². The molecule has 1 aliphatic rings. The first kappa shape index (κ1) is 8.70. The van der Waals surface area contributed by atoms with Gasteiger partial charge >= 0.3 is 0 Å². The highest BCUT2D eigenvalue weighted by atomic mass is 15.0. The second-order valence-electron chi connectivity index (χ2n) is 3.74. The first-order chi connectivity index (χ1) is 6.31. The number of aromatic nitrogens is 1. The van der Waals surface area contributed by atoms with Gasteiger partial charge in [0.25, 0.3) is 0 Å². The largest absolute Gasteiger partial charge is 0.315 e. The quantitative estimate of drug-likeness (QED) is 0.741. The fourth-order valence-corrected chi connectivity index (χ4v) is 1.69. The molecule has 1 saturated heterocycles. The van der Waals surface area contributed by atoms with Crippen LogP contribution in [0.1, 0.15) is 29.7 Å². The number of hydrogen-bond acceptors (Lipinski definition) is 2. The smallest absolute Gasteiger partial charge is 0.0462 e. The fourth-order valence-electron chi connectivity index (χ4n) is 1.69. The van der Waals surface area contributed by atoms with Crippen molar-refractivity contribution < 1.29 is 0 Å². The van der Waals surface area contributed by atoms with E-state index in [4.69, 9.17) is 0 Å². The zero-order valence-corrected chi connectivity index (χ0v) is 8.30. The van der Waals surface area contributed by atoms with Crippen molar-refractivity contribution in [3.63, 3.8) is 0 Å². The summed E-state index contributed by atoms with van der Waals surface area (Å²) in [5.41, 5.74) is 4.02. The van der Waals surface area contributed by atoms with Crippen LogP contribution >= 0.6 is 0 Å². The van der Waals surface area contributed by atoms with Gasteiger partial charge in [0.05, 0.1) is 0 Å². The monoisotopic (exact) mass is 176 g/mol. The number of nitrogens with one attached hydrogen (secondary N) is 1. The van der Waals surface area contributed by atoms with E-state index in [0.29, 0.717) is 5.92 Å². The third-order valence-electron chi connectivity index (χ3n) is 2.82. The molecule has 0 unspecified atom stereocenters. The molecule has 1 aromatic heterocycles. The Morgan fingerprint density at radius 1 is 1.54 bits per heavy atom. The number of pyridine rings is 1. The number of hydrogen-bond donors (Lipinski definition) is 1. The van der Waals surface area contributed by atoms with Crippen molar-refractivity contribution in [2.45, 2.75) is 26.2 Å². The SMILES string of the molecule is CCc1cc(C2CNC2)ncc1C. The van der Waals surface area contributed by atoms with Crippen LogP contribution in [0.5, 0.6) is 0 Å². The van der Waals surface area contributed by atoms with Gasteiger partial charge in [-0.15, -0.1) is 0 Å². The highest BCUT2D eigenvalue weighted by Crippen LogP contribution is 2.20. The van der Waals surface area contributed by atoms with Crippen LogP contribution in [0.3, 0.4) is 0 Å². The molecule has 1 aromatic rings. The molecule has 0 radical (unpaired) electrons. The van der Waals surface area contributed by atoms with E-state index in [-0.39, 0.29) is 0 Å². The molecule has 0 bridgehead atoms. The third-order valence-corrected chi connectivity index (χ3v) is 2.82. The standard InChI is InChI=1S/C11H16N2/c1-3-9-4-11(10-6-12-7-10)13-5-8(9)2/h4-5,10,12H,3,6-7H2,1-2H3. The maximum atomic E-state index is 4.47. The van der Waals surface area contributed by atoms with Gasteiger partial charge in [0, 0.05) is 30.9 Å². The number of aryl methyl sites for hydroxylation is 2. The molecule has 1 fully saturated rings. The molecule has 2 nitrogen and oxygen atoms in total. The van der Waals surface area contributed by atoms with Gasteiger partial charge < -0.3 is 5.32 Å². The van der Waals surface area contributed by atoms with E-state index in [1.165, 1.54) is 16.8 Å². The van der Waals surface area contributed by atoms with E-state index >= 15 is 0 Å². The Balaban J connectivity index is 2.26. The molecule has 0 spiro atoms. The van der Waals surface area contributed by atoms with E-state index in [1.54, 1.807) is 0 Å². The van der Waals surface area contributed by atoms with Gasteiger partial charge in [-0.3, -0.25) is 4.98 Å². The van der Waals surface area contributed by atoms with Gasteiger partial charge in [0.15, 0.2) is 0 Å². The summed E-state index contributed by atoms with van der Waals surface area (Å²) in [4.78, 5) is 4.47. The lowest BCUT2D eigenvalue weighted by atomic mass is 9.96. The molecule has 2 rings (SSSR count). The van der Waals surface area contributed by atoms with Crippen LogP contribution in [0, 0.1) is 6.92 Å². The predicted molar refractivity (Wildman–Crippen MR) is 54.0 cm³/mol. The summed E-state index contributed by atoms with van der Waals surface area (Å²) in [7, 11) is 0. The van der Waals surface area contributed by atoms with Gasteiger partial charge in [-0.1, -0.05) is 6.92 Å². The molecule has 70 valence electrons. The molecule has 0 amide bonds. The second kappa shape index (κ2) is 3.46. The molecular formula is C11H16N2. The number of rotatable bonds is 2. The molecule has 2 heterocycles. The average molecular weight is 176 g/mol. The first-order valence-corrected chi connectivity index (χ1v) is 4.97. The Morgan fingerprint density at radius 3 is 2.85 bits per heavy atom. The van der Waals surface area contributed by atoms with Crippen LogP contribution in [-0.2, 0) is 6.42 Å². The Bertz CT molecular complexity index is 303. The van der Waals surface area contributed by atoms with Crippen molar-refractivity contribution in [2.75, 3.05) is 13.1 Å². The maximum Gasteiger partial charge on any atom is 0.0462 e. The molecule has 0 saturated carbocycles. The number of nitrogens with zero attached hydrogens (tertiary/aromatic N) is 1. The summed E-state index contributed by atoms with van der Waals surface area (Å²) in [6.07, 6.45) is 3.12. The minimum Gasteiger partial charge on any atom is -0.315 e. The van der Waals surface area contributed by atoms with Crippen LogP contribution in [0.15, 0.2) is 12.3 Å². The van der Waals surface area contributed by atoms with Gasteiger partial charge in [-0.25, -0.2) is 0 Å². The second-order valence-corrected chi connectivity index (χ2v) is 3.74. The highest BCUT2D eigenvalue weighted by Gasteiger charge is 2.20. The van der Waals surface area contributed by atoms with E-state index in [1.807, 2.05) is 6.20 Å². The van der Waals surface area contributed by atoms with Crippen molar-refractivity contribution >= 4 is 0 Å². The van der Waals surface area contributed by atoms with E-state index < -0.39 is 0 Å². The van der Waals surface area contributed by atoms with Crippen molar-refractivity contribution in [3.05, 3.63) is 29.1 Å². The van der Waals surface area contributed by atoms with E-state index in [0.717, 1.165) is 19.5 Å². The van der Waals surface area contributed by atoms with Crippen molar-refractivity contribution in [2.24, 2.45) is 0 Å². The zero-order chi connectivity index (χ0) is 9.26. The van der Waals surface area contributed by atoms with E-state index in [2.05, 4.69) is 30.2 Å². The van der Waals surface area contributed by atoms with Crippen LogP contribution in [-0.4, -0.2) is 18.1 Å². The third kappa shape index (κ3) is 1.59. The normalized spacial score (nSPS) is 17.1. The van der Waals surface area contributed by atoms with Crippen molar-refractivity contribution in [1.29, 1.82) is 0 Å². The van der Waals surface area contributed by atoms with E-state index in [9.17, 15) is 0 Å². The summed E-state index contributed by atoms with van der Waals surface area (Å²) < 4.78 is 0. The molecular weight excluding hydrogens is 160 g/mol. The lowest BCUT2D eigenvalue weighted by Gasteiger charge is -2.27. The molecule has 0 aliphatic carbocycles. The average Bonchev–Trinajstić information content (AvgIpc) is 2.05. The first-order valence-electron chi connectivity index (χ1n) is 4.97. The predicted octanol–water partition coefficient (Wildman–Crippen LogP) is 1.64. The summed E-state index contributed by atoms with van der Waals surface area (Å²) in [5.74, 6) is 0.658. The highest BCUT2D eigenvalue weighted by molar-refractivity contribution is 5.28. The Hall–Kier alpha value is -0.890. The Kier molecular flexibility index (Phi) is 2.32. The van der Waals surface area contributed by atoms with Gasteiger partial charge in [0.2, 0.25) is 0 Å². The zero-order valence-electron chi connectivity index (χ0n) is 8.30. The Morgan fingerprint density at radius 2 is 2.31 bits per heavy atom. The maximum absolute atomic E-state index is 4.47. The minimum atomic E-state index is 0.658. The molecule has 13 heavy (non-hydrogen) atoms. The summed E-state index contributed by atoms with van der Waals surface area (Å²) >= 11 is 0. The lowest BCUT2D eigenvalue weighted by Crippen LogP contribution is -2.40. The summed E-state index contributed by atoms with van der Waals surface area (Å²) in [6, 6.07) is 2.26. The van der Waals surface area contributed by atoms with Gasteiger partial charge in [-0.2, -0.15) is 0 Å². The van der Waals surface area contributed by atoms with Gasteiger partial charge in [-0.05, 0) is 30.5 Å². The molecule has 2 heteroatoms. The minimum absolute atomic E-state index is 0.658.